The zero-order valence-electron chi connectivity index (χ0n) is 11.1. The Morgan fingerprint density at radius 2 is 2.20 bits per heavy atom. The number of nitrogens with one attached hydrogen (secondary N) is 1. The lowest BCUT2D eigenvalue weighted by molar-refractivity contribution is -0.0498. The zero-order valence-corrected chi connectivity index (χ0v) is 11.9. The summed E-state index contributed by atoms with van der Waals surface area (Å²) < 4.78 is 29.0. The van der Waals surface area contributed by atoms with Crippen LogP contribution in [0.5, 0.6) is 5.75 Å². The number of ether oxygens (including phenoxy) is 1. The van der Waals surface area contributed by atoms with E-state index < -0.39 is 18.6 Å². The number of carbonyl (C=O) groups excluding carboxylic acids is 1. The molecule has 0 radical (unpaired) electrons. The molecule has 0 aliphatic heterocycles. The minimum atomic E-state index is -2.96. The van der Waals surface area contributed by atoms with Crippen molar-refractivity contribution in [2.24, 2.45) is 0 Å². The van der Waals surface area contributed by atoms with Crippen LogP contribution < -0.4 is 10.1 Å². The van der Waals surface area contributed by atoms with Gasteiger partial charge in [-0.2, -0.15) is 8.78 Å². The molecular weight excluding hydrogens is 288 g/mol. The SMILES string of the molecule is Cc1cc(OC(F)F)c(C(=O)NC2CCCCC2O)s1. The van der Waals surface area contributed by atoms with Crippen molar-refractivity contribution in [3.8, 4) is 5.75 Å². The minimum Gasteiger partial charge on any atom is -0.433 e. The van der Waals surface area contributed by atoms with Crippen molar-refractivity contribution < 1.29 is 23.4 Å². The molecule has 2 atom stereocenters. The van der Waals surface area contributed by atoms with E-state index in [0.29, 0.717) is 12.8 Å². The summed E-state index contributed by atoms with van der Waals surface area (Å²) in [5.74, 6) is -0.574. The van der Waals surface area contributed by atoms with E-state index in [1.807, 2.05) is 0 Å². The van der Waals surface area contributed by atoms with Crippen LogP contribution in [0.2, 0.25) is 0 Å². The molecule has 112 valence electrons. The van der Waals surface area contributed by atoms with Crippen LogP contribution in [-0.4, -0.2) is 29.8 Å². The molecule has 1 aliphatic rings. The van der Waals surface area contributed by atoms with Gasteiger partial charge in [0.2, 0.25) is 0 Å². The number of aliphatic hydroxyl groups is 1. The number of alkyl halides is 2. The lowest BCUT2D eigenvalue weighted by atomic mass is 9.92. The van der Waals surface area contributed by atoms with Crippen LogP contribution in [0.15, 0.2) is 6.07 Å². The third-order valence-corrected chi connectivity index (χ3v) is 4.32. The standard InChI is InChI=1S/C13H17F2NO3S/c1-7-6-10(19-13(14)15)11(20-7)12(18)16-8-4-2-3-5-9(8)17/h6,8-9,13,17H,2-5H2,1H3,(H,16,18). The number of rotatable bonds is 4. The van der Waals surface area contributed by atoms with E-state index in [9.17, 15) is 18.7 Å². The number of carbonyl (C=O) groups is 1. The molecule has 1 fully saturated rings. The van der Waals surface area contributed by atoms with Gasteiger partial charge in [-0.25, -0.2) is 0 Å². The number of aryl methyl sites for hydroxylation is 1. The predicted molar refractivity (Wildman–Crippen MR) is 71.4 cm³/mol. The number of amides is 1. The van der Waals surface area contributed by atoms with Crippen molar-refractivity contribution in [2.45, 2.75) is 51.4 Å². The van der Waals surface area contributed by atoms with Gasteiger partial charge >= 0.3 is 6.61 Å². The van der Waals surface area contributed by atoms with E-state index in [4.69, 9.17) is 0 Å². The highest BCUT2D eigenvalue weighted by Gasteiger charge is 2.27. The summed E-state index contributed by atoms with van der Waals surface area (Å²) in [5.41, 5.74) is 0. The van der Waals surface area contributed by atoms with Crippen LogP contribution >= 0.6 is 11.3 Å². The Balaban J connectivity index is 2.08. The molecule has 0 saturated heterocycles. The first-order valence-corrected chi connectivity index (χ1v) is 7.33. The molecule has 1 aliphatic carbocycles. The van der Waals surface area contributed by atoms with E-state index in [1.54, 1.807) is 6.92 Å². The van der Waals surface area contributed by atoms with E-state index in [1.165, 1.54) is 6.07 Å². The van der Waals surface area contributed by atoms with Crippen LogP contribution in [0.1, 0.15) is 40.2 Å². The largest absolute Gasteiger partial charge is 0.433 e. The Kier molecular flexibility index (Phi) is 4.93. The summed E-state index contributed by atoms with van der Waals surface area (Å²) in [6.45, 7) is -1.24. The highest BCUT2D eigenvalue weighted by molar-refractivity contribution is 7.14. The summed E-state index contributed by atoms with van der Waals surface area (Å²) in [5, 5.41) is 12.5. The van der Waals surface area contributed by atoms with Crippen molar-refractivity contribution in [1.82, 2.24) is 5.32 Å². The molecule has 0 aromatic carbocycles. The second-order valence-corrected chi connectivity index (χ2v) is 6.12. The Morgan fingerprint density at radius 3 is 2.85 bits per heavy atom. The highest BCUT2D eigenvalue weighted by Crippen LogP contribution is 2.30. The third kappa shape index (κ3) is 3.67. The smallest absolute Gasteiger partial charge is 0.387 e. The maximum Gasteiger partial charge on any atom is 0.387 e. The number of hydrogen-bond acceptors (Lipinski definition) is 4. The molecule has 1 amide bonds. The predicted octanol–water partition coefficient (Wildman–Crippen LogP) is 2.69. The van der Waals surface area contributed by atoms with Gasteiger partial charge in [-0.05, 0) is 25.8 Å². The number of hydrogen-bond donors (Lipinski definition) is 2. The minimum absolute atomic E-state index is 0.106. The van der Waals surface area contributed by atoms with E-state index in [0.717, 1.165) is 29.1 Å². The van der Waals surface area contributed by atoms with Crippen LogP contribution in [0, 0.1) is 6.92 Å². The highest BCUT2D eigenvalue weighted by atomic mass is 32.1. The molecule has 1 heterocycles. The van der Waals surface area contributed by atoms with Gasteiger partial charge in [0.05, 0.1) is 12.1 Å². The molecule has 1 aromatic heterocycles. The molecule has 2 unspecified atom stereocenters. The summed E-state index contributed by atoms with van der Waals surface area (Å²) in [7, 11) is 0. The van der Waals surface area contributed by atoms with Crippen molar-refractivity contribution in [3.05, 3.63) is 15.8 Å². The number of aliphatic hydroxyl groups excluding tert-OH is 1. The Labute approximate surface area is 119 Å². The average molecular weight is 305 g/mol. The Morgan fingerprint density at radius 1 is 1.50 bits per heavy atom. The van der Waals surface area contributed by atoms with Gasteiger partial charge < -0.3 is 15.2 Å². The topological polar surface area (TPSA) is 58.6 Å². The molecule has 0 spiro atoms. The summed E-state index contributed by atoms with van der Waals surface area (Å²) in [4.78, 5) is 13.0. The van der Waals surface area contributed by atoms with Crippen molar-refractivity contribution in [2.75, 3.05) is 0 Å². The van der Waals surface area contributed by atoms with E-state index in [2.05, 4.69) is 10.1 Å². The quantitative estimate of drug-likeness (QED) is 0.899. The molecular formula is C13H17F2NO3S. The summed E-state index contributed by atoms with van der Waals surface area (Å²) in [6, 6.07) is 1.10. The molecule has 7 heteroatoms. The van der Waals surface area contributed by atoms with Gasteiger partial charge in [0.1, 0.15) is 10.6 Å². The molecule has 0 bridgehead atoms. The van der Waals surface area contributed by atoms with Crippen LogP contribution in [0.4, 0.5) is 8.78 Å². The lowest BCUT2D eigenvalue weighted by Crippen LogP contribution is -2.44. The molecule has 20 heavy (non-hydrogen) atoms. The summed E-state index contributed by atoms with van der Waals surface area (Å²) >= 11 is 1.10. The van der Waals surface area contributed by atoms with Crippen LogP contribution in [-0.2, 0) is 0 Å². The first kappa shape index (κ1) is 15.2. The third-order valence-electron chi connectivity index (χ3n) is 3.29. The van der Waals surface area contributed by atoms with Crippen molar-refractivity contribution in [3.63, 3.8) is 0 Å². The number of thiophene rings is 1. The van der Waals surface area contributed by atoms with Crippen LogP contribution in [0.3, 0.4) is 0 Å². The molecule has 1 saturated carbocycles. The van der Waals surface area contributed by atoms with E-state index in [-0.39, 0.29) is 16.7 Å². The van der Waals surface area contributed by atoms with E-state index >= 15 is 0 Å². The van der Waals surface area contributed by atoms with Crippen molar-refractivity contribution >= 4 is 17.2 Å². The average Bonchev–Trinajstić information content (AvgIpc) is 2.72. The lowest BCUT2D eigenvalue weighted by Gasteiger charge is -2.28. The Bertz CT molecular complexity index is 478. The van der Waals surface area contributed by atoms with Crippen molar-refractivity contribution in [1.29, 1.82) is 0 Å². The van der Waals surface area contributed by atoms with Gasteiger partial charge in [-0.3, -0.25) is 4.79 Å². The zero-order chi connectivity index (χ0) is 14.7. The monoisotopic (exact) mass is 305 g/mol. The molecule has 2 rings (SSSR count). The van der Waals surface area contributed by atoms with Gasteiger partial charge in [-0.1, -0.05) is 12.8 Å². The Hall–Kier alpha value is -1.21. The molecule has 1 aromatic rings. The second-order valence-electron chi connectivity index (χ2n) is 4.86. The maximum atomic E-state index is 12.3. The fourth-order valence-electron chi connectivity index (χ4n) is 2.35. The summed E-state index contributed by atoms with van der Waals surface area (Å²) in [6.07, 6.45) is 2.64. The number of halogens is 2. The van der Waals surface area contributed by atoms with Gasteiger partial charge in [0, 0.05) is 4.88 Å². The van der Waals surface area contributed by atoms with Gasteiger partial charge in [-0.15, -0.1) is 11.3 Å². The fourth-order valence-corrected chi connectivity index (χ4v) is 3.19. The van der Waals surface area contributed by atoms with Gasteiger partial charge in [0.15, 0.2) is 0 Å². The molecule has 4 nitrogen and oxygen atoms in total. The van der Waals surface area contributed by atoms with Gasteiger partial charge in [0.25, 0.3) is 5.91 Å². The first-order chi connectivity index (χ1) is 9.47. The first-order valence-electron chi connectivity index (χ1n) is 6.51. The molecule has 2 N–H and O–H groups in total. The normalized spacial score (nSPS) is 22.9. The van der Waals surface area contributed by atoms with Crippen LogP contribution in [0.25, 0.3) is 0 Å². The fraction of sp³-hybridized carbons (Fsp3) is 0.615. The maximum absolute atomic E-state index is 12.3. The second kappa shape index (κ2) is 6.49.